The highest BCUT2D eigenvalue weighted by atomic mass is 32.2. The molecule has 1 aromatic rings. The van der Waals surface area contributed by atoms with Gasteiger partial charge in [-0.1, -0.05) is 0 Å². The Labute approximate surface area is 100.0 Å². The Balaban J connectivity index is 2.71. The quantitative estimate of drug-likeness (QED) is 0.763. The van der Waals surface area contributed by atoms with Gasteiger partial charge in [0, 0.05) is 11.3 Å². The van der Waals surface area contributed by atoms with E-state index in [0.29, 0.717) is 17.9 Å². The fraction of sp³-hybridized carbons (Fsp3) is 0.300. The maximum absolute atomic E-state index is 11.4. The van der Waals surface area contributed by atoms with Crippen molar-refractivity contribution in [2.24, 2.45) is 0 Å². The number of carbonyl (C=O) groups is 1. The molecule has 0 heterocycles. The lowest BCUT2D eigenvalue weighted by molar-refractivity contribution is 0.0364. The van der Waals surface area contributed by atoms with Gasteiger partial charge in [0.25, 0.3) is 5.91 Å². The van der Waals surface area contributed by atoms with Crippen LogP contribution < -0.4 is 10.2 Å². The van der Waals surface area contributed by atoms with Crippen molar-refractivity contribution in [2.45, 2.75) is 6.92 Å². The molecule has 1 amide bonds. The van der Waals surface area contributed by atoms with Crippen molar-refractivity contribution in [1.29, 1.82) is 0 Å². The number of benzene rings is 1. The van der Waals surface area contributed by atoms with E-state index in [2.05, 4.69) is 10.2 Å². The lowest BCUT2D eigenvalue weighted by atomic mass is 10.2. The van der Waals surface area contributed by atoms with Crippen molar-refractivity contribution in [3.63, 3.8) is 0 Å². The van der Waals surface area contributed by atoms with Crippen LogP contribution in [0.25, 0.3) is 0 Å². The van der Waals surface area contributed by atoms with Crippen molar-refractivity contribution in [2.75, 3.05) is 17.6 Å². The van der Waals surface area contributed by atoms with Crippen LogP contribution in [0.15, 0.2) is 24.3 Å². The molecule has 0 aliphatic carbocycles. The van der Waals surface area contributed by atoms with Gasteiger partial charge in [-0.2, -0.15) is 0 Å². The molecule has 0 unspecified atom stereocenters. The maximum atomic E-state index is 11.4. The number of sulfonamides is 1. The Morgan fingerprint density at radius 3 is 2.35 bits per heavy atom. The van der Waals surface area contributed by atoms with Crippen LogP contribution in [-0.4, -0.2) is 27.2 Å². The molecule has 0 saturated carbocycles. The van der Waals surface area contributed by atoms with Gasteiger partial charge in [0.1, 0.15) is 0 Å². The second-order valence-corrected chi connectivity index (χ2v) is 5.06. The van der Waals surface area contributed by atoms with Crippen LogP contribution in [0.5, 0.6) is 0 Å². The highest BCUT2D eigenvalue weighted by Gasteiger charge is 2.06. The number of hydrogen-bond donors (Lipinski definition) is 2. The SMILES string of the molecule is CCONC(=O)c1ccc(NS(C)(=O)=O)cc1. The van der Waals surface area contributed by atoms with Crippen LogP contribution in [0.1, 0.15) is 17.3 Å². The van der Waals surface area contributed by atoms with E-state index in [0.717, 1.165) is 6.26 Å². The van der Waals surface area contributed by atoms with Gasteiger partial charge in [0.15, 0.2) is 0 Å². The third kappa shape index (κ3) is 4.83. The van der Waals surface area contributed by atoms with Crippen molar-refractivity contribution in [1.82, 2.24) is 5.48 Å². The number of nitrogens with one attached hydrogen (secondary N) is 2. The molecule has 17 heavy (non-hydrogen) atoms. The molecule has 0 fully saturated rings. The zero-order chi connectivity index (χ0) is 12.9. The molecule has 0 bridgehead atoms. The summed E-state index contributed by atoms with van der Waals surface area (Å²) in [5.41, 5.74) is 3.03. The molecule has 94 valence electrons. The summed E-state index contributed by atoms with van der Waals surface area (Å²) < 4.78 is 24.2. The van der Waals surface area contributed by atoms with Gasteiger partial charge in [-0.15, -0.1) is 0 Å². The van der Waals surface area contributed by atoms with E-state index in [4.69, 9.17) is 4.84 Å². The lowest BCUT2D eigenvalue weighted by Gasteiger charge is -2.06. The predicted molar refractivity (Wildman–Crippen MR) is 64.0 cm³/mol. The molecule has 1 rings (SSSR count). The Hall–Kier alpha value is -1.60. The van der Waals surface area contributed by atoms with Crippen LogP contribution >= 0.6 is 0 Å². The van der Waals surface area contributed by atoms with Gasteiger partial charge >= 0.3 is 0 Å². The first kappa shape index (κ1) is 13.5. The van der Waals surface area contributed by atoms with Crippen molar-refractivity contribution in [3.8, 4) is 0 Å². The van der Waals surface area contributed by atoms with Gasteiger partial charge in [-0.05, 0) is 31.2 Å². The number of carbonyl (C=O) groups excluding carboxylic acids is 1. The Morgan fingerprint density at radius 2 is 1.88 bits per heavy atom. The molecular formula is C10H14N2O4S. The summed E-state index contributed by atoms with van der Waals surface area (Å²) in [5, 5.41) is 0. The Kier molecular flexibility index (Phi) is 4.47. The largest absolute Gasteiger partial charge is 0.284 e. The number of anilines is 1. The summed E-state index contributed by atoms with van der Waals surface area (Å²) in [6, 6.07) is 6.01. The fourth-order valence-corrected chi connectivity index (χ4v) is 1.66. The maximum Gasteiger partial charge on any atom is 0.274 e. The molecule has 0 aliphatic heterocycles. The lowest BCUT2D eigenvalue weighted by Crippen LogP contribution is -2.23. The third-order valence-corrected chi connectivity index (χ3v) is 2.37. The minimum absolute atomic E-state index is 0.374. The predicted octanol–water partition coefficient (Wildman–Crippen LogP) is 0.739. The molecule has 0 saturated heterocycles. The average Bonchev–Trinajstić information content (AvgIpc) is 2.24. The second-order valence-electron chi connectivity index (χ2n) is 3.32. The monoisotopic (exact) mass is 258 g/mol. The Morgan fingerprint density at radius 1 is 1.29 bits per heavy atom. The van der Waals surface area contributed by atoms with E-state index in [1.807, 2.05) is 0 Å². The average molecular weight is 258 g/mol. The first-order chi connectivity index (χ1) is 7.92. The van der Waals surface area contributed by atoms with Gasteiger partial charge in [-0.3, -0.25) is 14.4 Å². The van der Waals surface area contributed by atoms with E-state index < -0.39 is 10.0 Å². The molecule has 0 spiro atoms. The molecule has 6 nitrogen and oxygen atoms in total. The number of rotatable bonds is 5. The number of hydroxylamine groups is 1. The topological polar surface area (TPSA) is 84.5 Å². The van der Waals surface area contributed by atoms with Crippen molar-refractivity contribution in [3.05, 3.63) is 29.8 Å². The molecule has 0 atom stereocenters. The highest BCUT2D eigenvalue weighted by molar-refractivity contribution is 7.92. The summed E-state index contributed by atoms with van der Waals surface area (Å²) in [6.07, 6.45) is 1.06. The van der Waals surface area contributed by atoms with Gasteiger partial charge in [0.2, 0.25) is 10.0 Å². The summed E-state index contributed by atoms with van der Waals surface area (Å²) in [6.45, 7) is 2.12. The van der Waals surface area contributed by atoms with Crippen LogP contribution in [-0.2, 0) is 14.9 Å². The zero-order valence-corrected chi connectivity index (χ0v) is 10.4. The van der Waals surface area contributed by atoms with E-state index in [1.54, 1.807) is 6.92 Å². The van der Waals surface area contributed by atoms with Crippen molar-refractivity contribution < 1.29 is 18.0 Å². The zero-order valence-electron chi connectivity index (χ0n) is 9.56. The molecule has 7 heteroatoms. The molecule has 0 radical (unpaired) electrons. The minimum atomic E-state index is -3.30. The second kappa shape index (κ2) is 5.65. The van der Waals surface area contributed by atoms with E-state index in [9.17, 15) is 13.2 Å². The molecule has 0 aromatic heterocycles. The smallest absolute Gasteiger partial charge is 0.274 e. The van der Waals surface area contributed by atoms with Crippen LogP contribution in [0.2, 0.25) is 0 Å². The fourth-order valence-electron chi connectivity index (χ4n) is 1.10. The van der Waals surface area contributed by atoms with Gasteiger partial charge in [-0.25, -0.2) is 13.9 Å². The van der Waals surface area contributed by atoms with Crippen LogP contribution in [0.3, 0.4) is 0 Å². The molecular weight excluding hydrogens is 244 g/mol. The van der Waals surface area contributed by atoms with Gasteiger partial charge < -0.3 is 0 Å². The highest BCUT2D eigenvalue weighted by Crippen LogP contribution is 2.10. The van der Waals surface area contributed by atoms with Crippen LogP contribution in [0.4, 0.5) is 5.69 Å². The summed E-state index contributed by atoms with van der Waals surface area (Å²) in [5.74, 6) is -0.377. The molecule has 1 aromatic carbocycles. The summed E-state index contributed by atoms with van der Waals surface area (Å²) in [4.78, 5) is 16.2. The third-order valence-electron chi connectivity index (χ3n) is 1.76. The minimum Gasteiger partial charge on any atom is -0.284 e. The number of hydrogen-bond acceptors (Lipinski definition) is 4. The number of amides is 1. The molecule has 0 aliphatic rings. The first-order valence-electron chi connectivity index (χ1n) is 4.92. The van der Waals surface area contributed by atoms with Gasteiger partial charge in [0.05, 0.1) is 12.9 Å². The van der Waals surface area contributed by atoms with E-state index in [1.165, 1.54) is 24.3 Å². The standard InChI is InChI=1S/C10H14N2O4S/c1-3-16-11-10(13)8-4-6-9(7-5-8)12-17(2,14)15/h4-7,12H,3H2,1-2H3,(H,11,13). The van der Waals surface area contributed by atoms with Crippen LogP contribution in [0, 0.1) is 0 Å². The summed E-state index contributed by atoms with van der Waals surface area (Å²) >= 11 is 0. The normalized spacial score (nSPS) is 10.9. The van der Waals surface area contributed by atoms with Crippen molar-refractivity contribution >= 4 is 21.6 Å². The Bertz CT molecular complexity index is 482. The first-order valence-corrected chi connectivity index (χ1v) is 6.81. The molecule has 2 N–H and O–H groups in total. The summed E-state index contributed by atoms with van der Waals surface area (Å²) in [7, 11) is -3.30. The van der Waals surface area contributed by atoms with E-state index in [-0.39, 0.29) is 5.91 Å². The van der Waals surface area contributed by atoms with E-state index >= 15 is 0 Å².